The third-order valence-electron chi connectivity index (χ3n) is 17.8. The largest absolute Gasteiger partial charge is 0.432 e. The summed E-state index contributed by atoms with van der Waals surface area (Å²) in [6.07, 6.45) is -8.87. The summed E-state index contributed by atoms with van der Waals surface area (Å²) >= 11 is 0. The van der Waals surface area contributed by atoms with Crippen LogP contribution in [-0.4, -0.2) is 150 Å². The Bertz CT molecular complexity index is 1540. The molecule has 2 saturated heterocycles. The van der Waals surface area contributed by atoms with Crippen LogP contribution in [0.25, 0.3) is 0 Å². The van der Waals surface area contributed by atoms with E-state index in [0.29, 0.717) is 32.1 Å². The lowest BCUT2D eigenvalue weighted by Gasteiger charge is -2.72. The zero-order chi connectivity index (χ0) is 41.8. The fourth-order valence-electron chi connectivity index (χ4n) is 13.6. The molecule has 15 nitrogen and oxygen atoms in total. The second-order valence-corrected chi connectivity index (χ2v) is 20.2. The third-order valence-corrected chi connectivity index (χ3v) is 17.8. The summed E-state index contributed by atoms with van der Waals surface area (Å²) in [6, 6.07) is 0. The number of hydrogen-bond acceptors (Lipinski definition) is 15. The highest BCUT2D eigenvalue weighted by molar-refractivity contribution is 5.79. The van der Waals surface area contributed by atoms with E-state index in [4.69, 9.17) is 18.9 Å². The minimum absolute atomic E-state index is 0.0783. The molecule has 0 unspecified atom stereocenters. The van der Waals surface area contributed by atoms with Crippen LogP contribution in [0, 0.1) is 50.7 Å². The van der Waals surface area contributed by atoms with E-state index in [1.54, 1.807) is 6.92 Å². The van der Waals surface area contributed by atoms with Crippen molar-refractivity contribution >= 4 is 5.97 Å². The highest BCUT2D eigenvalue weighted by Gasteiger charge is 2.72. The number of allylic oxidation sites excluding steroid dienone is 1. The molecule has 2 aliphatic heterocycles. The van der Waals surface area contributed by atoms with Crippen LogP contribution in [0.2, 0.25) is 0 Å². The number of fused-ring (bicyclic) bond motifs is 7. The quantitative estimate of drug-likeness (QED) is 0.122. The number of aliphatic hydroxyl groups excluding tert-OH is 9. The van der Waals surface area contributed by atoms with Crippen LogP contribution in [0.4, 0.5) is 0 Å². The molecule has 7 aliphatic rings. The van der Waals surface area contributed by atoms with Crippen molar-refractivity contribution in [3.05, 3.63) is 11.6 Å². The van der Waals surface area contributed by atoms with E-state index in [0.717, 1.165) is 31.3 Å². The van der Waals surface area contributed by atoms with E-state index in [9.17, 15) is 55.9 Å². The monoisotopic (exact) mass is 812 g/mol. The molecule has 10 N–H and O–H groups in total. The van der Waals surface area contributed by atoms with E-state index in [1.807, 2.05) is 13.8 Å². The van der Waals surface area contributed by atoms with Gasteiger partial charge in [-0.2, -0.15) is 0 Å². The summed E-state index contributed by atoms with van der Waals surface area (Å²) in [5.74, 6) is -1.12. The van der Waals surface area contributed by atoms with Gasteiger partial charge in [0.15, 0.2) is 6.29 Å². The van der Waals surface area contributed by atoms with Crippen LogP contribution >= 0.6 is 0 Å². The highest BCUT2D eigenvalue weighted by Crippen LogP contribution is 2.76. The molecule has 6 fully saturated rings. The molecule has 57 heavy (non-hydrogen) atoms. The summed E-state index contributed by atoms with van der Waals surface area (Å²) in [5.41, 5.74) is -2.86. The molecule has 4 saturated carbocycles. The Labute approximate surface area is 335 Å². The second-order valence-electron chi connectivity index (χ2n) is 20.2. The van der Waals surface area contributed by atoms with Crippen molar-refractivity contribution in [3.63, 3.8) is 0 Å². The molecule has 326 valence electrons. The molecule has 0 aromatic heterocycles. The van der Waals surface area contributed by atoms with Crippen LogP contribution in [-0.2, 0) is 23.7 Å². The van der Waals surface area contributed by atoms with Crippen LogP contribution in [0.15, 0.2) is 11.6 Å². The molecular formula is C42H68O15. The molecule has 21 atom stereocenters. The molecule has 2 heterocycles. The van der Waals surface area contributed by atoms with Crippen molar-refractivity contribution in [1.82, 2.24) is 0 Å². The Balaban J connectivity index is 1.16. The Kier molecular flexibility index (Phi) is 11.5. The number of esters is 1. The summed E-state index contributed by atoms with van der Waals surface area (Å²) in [7, 11) is 0. The Morgan fingerprint density at radius 2 is 1.39 bits per heavy atom. The Morgan fingerprint density at radius 1 is 0.754 bits per heavy atom. The molecule has 0 aromatic carbocycles. The lowest BCUT2D eigenvalue weighted by Crippen LogP contribution is -2.68. The van der Waals surface area contributed by atoms with E-state index in [-0.39, 0.29) is 35.2 Å². The van der Waals surface area contributed by atoms with Crippen LogP contribution in [0.1, 0.15) is 99.3 Å². The van der Waals surface area contributed by atoms with Gasteiger partial charge in [0.05, 0.1) is 36.9 Å². The van der Waals surface area contributed by atoms with Gasteiger partial charge < -0.3 is 70.0 Å². The smallest absolute Gasteiger partial charge is 0.315 e. The normalized spacial score (nSPS) is 56.4. The number of hydrogen-bond donors (Lipinski definition) is 10. The van der Waals surface area contributed by atoms with Crippen molar-refractivity contribution in [2.45, 2.75) is 172 Å². The van der Waals surface area contributed by atoms with Gasteiger partial charge in [-0.1, -0.05) is 46.3 Å². The first-order valence-electron chi connectivity index (χ1n) is 21.1. The van der Waals surface area contributed by atoms with Gasteiger partial charge in [0, 0.05) is 11.3 Å². The first kappa shape index (κ1) is 43.8. The van der Waals surface area contributed by atoms with Crippen molar-refractivity contribution in [3.8, 4) is 0 Å². The summed E-state index contributed by atoms with van der Waals surface area (Å²) in [4.78, 5) is 14.9. The first-order valence-corrected chi connectivity index (χ1v) is 21.1. The fourth-order valence-corrected chi connectivity index (χ4v) is 13.6. The lowest BCUT2D eigenvalue weighted by atomic mass is 9.33. The first-order chi connectivity index (χ1) is 26.6. The molecule has 0 spiro atoms. The number of carbonyl (C=O) groups is 1. The standard InChI is InChI=1S/C42H68O15/c1-20-9-14-42(36(52)57-35-32(51)30(49)28(47)23(56-35)18-54-34-31(50)29(48)27(46)22(17-43)55-34)16-15-39(4)21(33(42)41(20,6)53)7-8-25-37(2)12-11-26(45)38(3,19-44)24(37)10-13-40(25,39)5/h7,20,22-35,43-51,53H,8-19H2,1-6H3/t20-,22-,23-,24-,25-,26+,27-,28-,29+,30+,31-,32-,33-,34+,35+,37+,38+,39-,40-,41-,42+/m1/s1. The maximum absolute atomic E-state index is 14.9. The number of aliphatic hydroxyl groups is 10. The third kappa shape index (κ3) is 6.26. The van der Waals surface area contributed by atoms with E-state index < -0.39 is 114 Å². The van der Waals surface area contributed by atoms with Gasteiger partial charge in [0.1, 0.15) is 48.8 Å². The maximum atomic E-state index is 14.9. The van der Waals surface area contributed by atoms with Gasteiger partial charge in [0.25, 0.3) is 0 Å². The SMILES string of the molecule is C[C@@H]1CC[C@]2(C(=O)O[C@@H]3O[C@H](CO[C@H]4O[C@H](CO)[C@@H](O)[C@H](O)[C@H]4O)[C@@H](O)[C@H](O)[C@H]3O)CC[C@]3(C)C(=CC[C@@H]4[C@@]5(C)CC[C@H](O)[C@@](C)(CO)[C@@H]5CC[C@]43C)[C@@H]2[C@]1(C)O. The average molecular weight is 813 g/mol. The summed E-state index contributed by atoms with van der Waals surface area (Å²) < 4.78 is 22.9. The minimum atomic E-state index is -1.85. The molecule has 0 aromatic rings. The molecular weight excluding hydrogens is 744 g/mol. The van der Waals surface area contributed by atoms with Gasteiger partial charge in [-0.3, -0.25) is 4.79 Å². The molecule has 0 amide bonds. The lowest BCUT2D eigenvalue weighted by molar-refractivity contribution is -0.329. The van der Waals surface area contributed by atoms with Crippen molar-refractivity contribution in [2.24, 2.45) is 50.7 Å². The maximum Gasteiger partial charge on any atom is 0.315 e. The zero-order valence-corrected chi connectivity index (χ0v) is 34.2. The van der Waals surface area contributed by atoms with Crippen LogP contribution < -0.4 is 0 Å². The molecule has 7 rings (SSSR count). The predicted octanol–water partition coefficient (Wildman–Crippen LogP) is 0.260. The van der Waals surface area contributed by atoms with E-state index >= 15 is 0 Å². The van der Waals surface area contributed by atoms with Crippen molar-refractivity contribution < 1.29 is 74.8 Å². The summed E-state index contributed by atoms with van der Waals surface area (Å²) in [5, 5.41) is 107. The van der Waals surface area contributed by atoms with E-state index in [1.165, 1.54) is 0 Å². The highest BCUT2D eigenvalue weighted by atomic mass is 16.7. The van der Waals surface area contributed by atoms with Gasteiger partial charge in [-0.15, -0.1) is 0 Å². The molecule has 0 radical (unpaired) electrons. The molecule has 5 aliphatic carbocycles. The topological polar surface area (TPSA) is 256 Å². The van der Waals surface area contributed by atoms with Gasteiger partial charge >= 0.3 is 5.97 Å². The van der Waals surface area contributed by atoms with Gasteiger partial charge in [-0.05, 0) is 98.7 Å². The van der Waals surface area contributed by atoms with Crippen LogP contribution in [0.5, 0.6) is 0 Å². The average Bonchev–Trinajstić information content (AvgIpc) is 3.17. The number of ether oxygens (including phenoxy) is 4. The minimum Gasteiger partial charge on any atom is -0.432 e. The molecule has 0 bridgehead atoms. The van der Waals surface area contributed by atoms with Crippen molar-refractivity contribution in [2.75, 3.05) is 19.8 Å². The van der Waals surface area contributed by atoms with Crippen LogP contribution in [0.3, 0.4) is 0 Å². The summed E-state index contributed by atoms with van der Waals surface area (Å²) in [6.45, 7) is 11.5. The van der Waals surface area contributed by atoms with Crippen molar-refractivity contribution in [1.29, 1.82) is 0 Å². The predicted molar refractivity (Wildman–Crippen MR) is 200 cm³/mol. The number of carbonyl (C=O) groups excluding carboxylic acids is 1. The van der Waals surface area contributed by atoms with Gasteiger partial charge in [-0.25, -0.2) is 0 Å². The van der Waals surface area contributed by atoms with E-state index in [2.05, 4.69) is 26.8 Å². The zero-order valence-electron chi connectivity index (χ0n) is 34.2. The second kappa shape index (κ2) is 14.9. The Morgan fingerprint density at radius 3 is 2.04 bits per heavy atom. The Hall–Kier alpha value is -1.31. The number of rotatable bonds is 7. The van der Waals surface area contributed by atoms with Gasteiger partial charge in [0.2, 0.25) is 6.29 Å². The molecule has 15 heteroatoms. The fraction of sp³-hybridized carbons (Fsp3) is 0.929.